The van der Waals surface area contributed by atoms with Crippen molar-refractivity contribution in [2.75, 3.05) is 31.6 Å². The fourth-order valence-corrected chi connectivity index (χ4v) is 4.56. The van der Waals surface area contributed by atoms with Crippen molar-refractivity contribution in [3.63, 3.8) is 0 Å². The van der Waals surface area contributed by atoms with Crippen LogP contribution >= 0.6 is 0 Å². The molecule has 220 valence electrons. The first-order valence-corrected chi connectivity index (χ1v) is 13.3. The zero-order valence-electron chi connectivity index (χ0n) is 22.3. The average molecular weight is 569 g/mol. The number of hydrogen-bond acceptors (Lipinski definition) is 6. The summed E-state index contributed by atoms with van der Waals surface area (Å²) in [6.07, 6.45) is -3.69. The number of alkyl halides is 3. The topological polar surface area (TPSA) is 115 Å². The van der Waals surface area contributed by atoms with Crippen molar-refractivity contribution >= 4 is 17.7 Å². The number of anilines is 1. The normalized spacial score (nSPS) is 18.9. The lowest BCUT2D eigenvalue weighted by Gasteiger charge is -2.30. The summed E-state index contributed by atoms with van der Waals surface area (Å²) in [5.74, 6) is -1.04. The summed E-state index contributed by atoms with van der Waals surface area (Å²) >= 11 is 0. The Kier molecular flexibility index (Phi) is 11.7. The monoisotopic (exact) mass is 568 g/mol. The van der Waals surface area contributed by atoms with Gasteiger partial charge in [0.2, 0.25) is 5.91 Å². The molecule has 1 fully saturated rings. The molecule has 0 aromatic heterocycles. The van der Waals surface area contributed by atoms with E-state index in [2.05, 4.69) is 10.6 Å². The van der Waals surface area contributed by atoms with Gasteiger partial charge in [-0.25, -0.2) is 9.18 Å². The quantitative estimate of drug-likeness (QED) is 0.285. The van der Waals surface area contributed by atoms with Crippen molar-refractivity contribution in [2.24, 2.45) is 5.73 Å². The van der Waals surface area contributed by atoms with Gasteiger partial charge in [0, 0.05) is 23.7 Å². The van der Waals surface area contributed by atoms with Gasteiger partial charge in [0.25, 0.3) is 0 Å². The van der Waals surface area contributed by atoms with Crippen molar-refractivity contribution in [2.45, 2.75) is 62.9 Å². The van der Waals surface area contributed by atoms with Crippen molar-refractivity contribution < 1.29 is 36.6 Å². The summed E-state index contributed by atoms with van der Waals surface area (Å²) in [4.78, 5) is 24.5. The number of nitrogens with two attached hydrogens (primary N) is 1. The molecule has 40 heavy (non-hydrogen) atoms. The number of rotatable bonds is 12. The first-order valence-electron chi connectivity index (χ1n) is 13.3. The van der Waals surface area contributed by atoms with Gasteiger partial charge in [-0.2, -0.15) is 13.2 Å². The third kappa shape index (κ3) is 9.76. The van der Waals surface area contributed by atoms with Gasteiger partial charge in [-0.05, 0) is 37.0 Å². The van der Waals surface area contributed by atoms with E-state index in [1.165, 1.54) is 12.1 Å². The Morgan fingerprint density at radius 3 is 2.58 bits per heavy atom. The van der Waals surface area contributed by atoms with E-state index in [0.717, 1.165) is 18.4 Å². The Labute approximate surface area is 231 Å². The molecule has 1 aliphatic rings. The first-order chi connectivity index (χ1) is 19.1. The Morgan fingerprint density at radius 1 is 1.18 bits per heavy atom. The van der Waals surface area contributed by atoms with Crippen LogP contribution in [-0.4, -0.2) is 62.7 Å². The van der Waals surface area contributed by atoms with Crippen LogP contribution in [0, 0.1) is 5.82 Å². The van der Waals surface area contributed by atoms with E-state index in [-0.39, 0.29) is 31.7 Å². The highest BCUT2D eigenvalue weighted by atomic mass is 19.4. The van der Waals surface area contributed by atoms with E-state index in [1.54, 1.807) is 11.4 Å². The largest absolute Gasteiger partial charge is 0.448 e. The van der Waals surface area contributed by atoms with Crippen LogP contribution in [0.1, 0.15) is 43.2 Å². The number of halogens is 4. The Morgan fingerprint density at radius 2 is 1.93 bits per heavy atom. The fourth-order valence-electron chi connectivity index (χ4n) is 4.56. The van der Waals surface area contributed by atoms with Crippen LogP contribution in [-0.2, 0) is 20.7 Å². The summed E-state index contributed by atoms with van der Waals surface area (Å²) in [6, 6.07) is 12.9. The van der Waals surface area contributed by atoms with Crippen LogP contribution in [0.2, 0.25) is 0 Å². The number of benzene rings is 2. The summed E-state index contributed by atoms with van der Waals surface area (Å²) in [5, 5.41) is 7.57. The maximum absolute atomic E-state index is 14.8. The van der Waals surface area contributed by atoms with E-state index in [0.29, 0.717) is 24.2 Å². The minimum atomic E-state index is -4.52. The molecular weight excluding hydrogens is 532 g/mol. The molecule has 1 heterocycles. The Balaban J connectivity index is 1.51. The second kappa shape index (κ2) is 15.0. The van der Waals surface area contributed by atoms with Crippen molar-refractivity contribution in [1.29, 1.82) is 0 Å². The summed E-state index contributed by atoms with van der Waals surface area (Å²) < 4.78 is 61.9. The summed E-state index contributed by atoms with van der Waals surface area (Å²) in [5.41, 5.74) is 8.04. The highest BCUT2D eigenvalue weighted by Crippen LogP contribution is 2.27. The number of alkyl carbamates (subject to hydrolysis) is 1. The maximum atomic E-state index is 14.8. The van der Waals surface area contributed by atoms with Gasteiger partial charge in [0.1, 0.15) is 19.0 Å². The lowest BCUT2D eigenvalue weighted by atomic mass is 9.87. The third-order valence-corrected chi connectivity index (χ3v) is 6.67. The lowest BCUT2D eigenvalue weighted by Crippen LogP contribution is -2.49. The van der Waals surface area contributed by atoms with Crippen LogP contribution in [0.25, 0.3) is 0 Å². The fraction of sp³-hybridized carbons (Fsp3) is 0.500. The predicted octanol–water partition coefficient (Wildman–Crippen LogP) is 4.25. The number of morpholine rings is 1. The molecule has 2 aromatic carbocycles. The SMILES string of the molecule is CCC[C@H](c1ccccc1)[C@H](N)C(=O)Nc1cccc(F)c1CC[C@@H]1CN[C@H](COC(=O)NCC(F)(F)F)CO1. The van der Waals surface area contributed by atoms with Gasteiger partial charge < -0.3 is 31.2 Å². The zero-order chi connectivity index (χ0) is 29.1. The number of amides is 2. The van der Waals surface area contributed by atoms with Gasteiger partial charge >= 0.3 is 12.3 Å². The predicted molar refractivity (Wildman–Crippen MR) is 142 cm³/mol. The van der Waals surface area contributed by atoms with E-state index in [1.807, 2.05) is 37.3 Å². The molecule has 1 aliphatic heterocycles. The van der Waals surface area contributed by atoms with E-state index < -0.39 is 42.6 Å². The standard InChI is InChI=1S/C28H36F4N4O4/c1-2-7-21(18-8-4-3-5-9-18)25(33)26(37)36-24-11-6-10-23(29)22(24)13-12-20-14-34-19(15-39-20)16-40-27(38)35-17-28(30,31)32/h3-6,8-11,19-21,25,34H,2,7,12-17,33H2,1H3,(H,35,38)(H,36,37)/t19-,20+,21+,25-/m0/s1. The number of hydrogen-bond donors (Lipinski definition) is 4. The second-order valence-corrected chi connectivity index (χ2v) is 9.75. The molecule has 2 amide bonds. The van der Waals surface area contributed by atoms with Gasteiger partial charge in [0.15, 0.2) is 0 Å². The van der Waals surface area contributed by atoms with Gasteiger partial charge in [-0.15, -0.1) is 0 Å². The van der Waals surface area contributed by atoms with Crippen molar-refractivity contribution in [1.82, 2.24) is 10.6 Å². The first kappa shape index (κ1) is 31.3. The molecule has 1 saturated heterocycles. The number of nitrogens with one attached hydrogen (secondary N) is 3. The minimum absolute atomic E-state index is 0.158. The van der Waals surface area contributed by atoms with Crippen LogP contribution in [0.4, 0.5) is 28.0 Å². The van der Waals surface area contributed by atoms with E-state index >= 15 is 0 Å². The molecule has 2 aromatic rings. The average Bonchev–Trinajstić information content (AvgIpc) is 2.93. The van der Waals surface area contributed by atoms with Gasteiger partial charge in [0.05, 0.1) is 24.8 Å². The molecule has 0 radical (unpaired) electrons. The highest BCUT2D eigenvalue weighted by Gasteiger charge is 2.29. The van der Waals surface area contributed by atoms with E-state index in [9.17, 15) is 27.2 Å². The zero-order valence-corrected chi connectivity index (χ0v) is 22.3. The molecule has 0 bridgehead atoms. The summed E-state index contributed by atoms with van der Waals surface area (Å²) in [7, 11) is 0. The Hall–Kier alpha value is -3.22. The molecule has 8 nitrogen and oxygen atoms in total. The maximum Gasteiger partial charge on any atom is 0.407 e. The lowest BCUT2D eigenvalue weighted by molar-refractivity contribution is -0.124. The molecule has 0 saturated carbocycles. The van der Waals surface area contributed by atoms with Crippen LogP contribution in [0.15, 0.2) is 48.5 Å². The van der Waals surface area contributed by atoms with E-state index in [4.69, 9.17) is 15.2 Å². The molecule has 0 unspecified atom stereocenters. The summed E-state index contributed by atoms with van der Waals surface area (Å²) in [6.45, 7) is 0.916. The Bertz CT molecular complexity index is 1100. The van der Waals surface area contributed by atoms with Crippen molar-refractivity contribution in [3.05, 3.63) is 65.5 Å². The smallest absolute Gasteiger partial charge is 0.407 e. The van der Waals surface area contributed by atoms with Gasteiger partial charge in [-0.1, -0.05) is 49.7 Å². The van der Waals surface area contributed by atoms with Crippen LogP contribution < -0.4 is 21.7 Å². The minimum Gasteiger partial charge on any atom is -0.448 e. The molecule has 0 spiro atoms. The van der Waals surface area contributed by atoms with Crippen molar-refractivity contribution in [3.8, 4) is 0 Å². The molecule has 4 atom stereocenters. The number of carbonyl (C=O) groups excluding carboxylic acids is 2. The molecule has 3 rings (SSSR count). The van der Waals surface area contributed by atoms with Crippen LogP contribution in [0.3, 0.4) is 0 Å². The molecule has 0 aliphatic carbocycles. The number of carbonyl (C=O) groups is 2. The molecule has 5 N–H and O–H groups in total. The van der Waals surface area contributed by atoms with Gasteiger partial charge in [-0.3, -0.25) is 4.79 Å². The van der Waals surface area contributed by atoms with Crippen LogP contribution in [0.5, 0.6) is 0 Å². The molecular formula is C28H36F4N4O4. The third-order valence-electron chi connectivity index (χ3n) is 6.67. The number of ether oxygens (including phenoxy) is 2. The second-order valence-electron chi connectivity index (χ2n) is 9.75. The molecule has 12 heteroatoms. The highest BCUT2D eigenvalue weighted by molar-refractivity contribution is 5.96.